The van der Waals surface area contributed by atoms with E-state index in [1.165, 1.54) is 50.2 Å². The summed E-state index contributed by atoms with van der Waals surface area (Å²) in [5.74, 6) is 0.914. The number of nitrogens with zero attached hydrogens (tertiary/aromatic N) is 2. The van der Waals surface area contributed by atoms with Gasteiger partial charge < -0.3 is 5.32 Å². The van der Waals surface area contributed by atoms with Crippen molar-refractivity contribution >= 4 is 11.3 Å². The third kappa shape index (κ3) is 2.60. The van der Waals surface area contributed by atoms with Crippen molar-refractivity contribution in [3.05, 3.63) is 16.6 Å². The average Bonchev–Trinajstić information content (AvgIpc) is 3.11. The molecule has 1 aromatic rings. The lowest BCUT2D eigenvalue weighted by molar-refractivity contribution is 0.128. The van der Waals surface area contributed by atoms with E-state index >= 15 is 0 Å². The number of likely N-dealkylation sites (tertiary alicyclic amines) is 1. The zero-order valence-corrected chi connectivity index (χ0v) is 12.0. The third-order valence-corrected chi connectivity index (χ3v) is 5.60. The Bertz CT molecular complexity index is 351. The van der Waals surface area contributed by atoms with Crippen LogP contribution in [0, 0.1) is 5.92 Å². The Kier molecular flexibility index (Phi) is 3.97. The molecule has 0 amide bonds. The van der Waals surface area contributed by atoms with Crippen LogP contribution in [0.15, 0.2) is 11.7 Å². The summed E-state index contributed by atoms with van der Waals surface area (Å²) in [6.07, 6.45) is 7.53. The van der Waals surface area contributed by atoms with E-state index in [1.807, 2.05) is 11.7 Å². The molecule has 0 aliphatic carbocycles. The van der Waals surface area contributed by atoms with Gasteiger partial charge in [0.15, 0.2) is 0 Å². The molecule has 2 atom stereocenters. The Morgan fingerprint density at radius 2 is 2.22 bits per heavy atom. The van der Waals surface area contributed by atoms with Gasteiger partial charge in [-0.2, -0.15) is 0 Å². The van der Waals surface area contributed by atoms with E-state index < -0.39 is 0 Å². The number of nitrogens with one attached hydrogen (secondary N) is 1. The number of thiazole rings is 1. The Hall–Kier alpha value is -0.450. The largest absolute Gasteiger partial charge is 0.314 e. The first-order valence-electron chi connectivity index (χ1n) is 7.20. The average molecular weight is 265 g/mol. The Labute approximate surface area is 114 Å². The van der Waals surface area contributed by atoms with Crippen molar-refractivity contribution in [2.45, 2.75) is 44.7 Å². The molecule has 3 heterocycles. The normalized spacial score (nSPS) is 28.6. The van der Waals surface area contributed by atoms with E-state index in [0.717, 1.165) is 12.0 Å². The smallest absolute Gasteiger partial charge is 0.0794 e. The number of hydrogen-bond acceptors (Lipinski definition) is 4. The van der Waals surface area contributed by atoms with Gasteiger partial charge in [-0.15, -0.1) is 11.3 Å². The fraction of sp³-hybridized carbons (Fsp3) is 0.786. The van der Waals surface area contributed by atoms with Crippen molar-refractivity contribution < 1.29 is 0 Å². The van der Waals surface area contributed by atoms with Gasteiger partial charge in [0.2, 0.25) is 0 Å². The molecule has 0 spiro atoms. The molecule has 2 unspecified atom stereocenters. The van der Waals surface area contributed by atoms with E-state index in [0.29, 0.717) is 6.04 Å². The van der Waals surface area contributed by atoms with Crippen molar-refractivity contribution in [2.24, 2.45) is 5.92 Å². The Morgan fingerprint density at radius 1 is 1.39 bits per heavy atom. The summed E-state index contributed by atoms with van der Waals surface area (Å²) in [5, 5.41) is 3.67. The molecule has 0 bridgehead atoms. The lowest BCUT2D eigenvalue weighted by atomic mass is 9.88. The second kappa shape index (κ2) is 5.68. The van der Waals surface area contributed by atoms with Crippen LogP contribution in [0.25, 0.3) is 0 Å². The number of piperidine rings is 1. The van der Waals surface area contributed by atoms with E-state index in [9.17, 15) is 0 Å². The maximum absolute atomic E-state index is 4.20. The van der Waals surface area contributed by atoms with Gasteiger partial charge in [0, 0.05) is 23.2 Å². The van der Waals surface area contributed by atoms with Crippen molar-refractivity contribution in [1.82, 2.24) is 15.2 Å². The zero-order valence-electron chi connectivity index (χ0n) is 11.1. The third-order valence-electron chi connectivity index (χ3n) is 4.65. The molecule has 1 N–H and O–H groups in total. The second-order valence-electron chi connectivity index (χ2n) is 5.66. The van der Waals surface area contributed by atoms with Gasteiger partial charge in [-0.1, -0.05) is 0 Å². The SMILES string of the molecule is CC(c1cncs1)N1CCC(C2CCCN2)CC1. The molecule has 2 aliphatic rings. The van der Waals surface area contributed by atoms with Gasteiger partial charge in [-0.05, 0) is 58.2 Å². The highest BCUT2D eigenvalue weighted by atomic mass is 32.1. The molecule has 4 heteroatoms. The van der Waals surface area contributed by atoms with Crippen LogP contribution in [-0.4, -0.2) is 35.6 Å². The summed E-state index contributed by atoms with van der Waals surface area (Å²) >= 11 is 1.79. The number of hydrogen-bond donors (Lipinski definition) is 1. The molecule has 2 aliphatic heterocycles. The molecule has 3 rings (SSSR count). The minimum Gasteiger partial charge on any atom is -0.314 e. The van der Waals surface area contributed by atoms with Gasteiger partial charge in [-0.3, -0.25) is 9.88 Å². The summed E-state index contributed by atoms with van der Waals surface area (Å²) in [6, 6.07) is 1.36. The molecule has 0 saturated carbocycles. The maximum Gasteiger partial charge on any atom is 0.0794 e. The van der Waals surface area contributed by atoms with E-state index in [1.54, 1.807) is 11.3 Å². The van der Waals surface area contributed by atoms with Crippen LogP contribution < -0.4 is 5.32 Å². The van der Waals surface area contributed by atoms with Crippen LogP contribution in [0.5, 0.6) is 0 Å². The molecular formula is C14H23N3S. The summed E-state index contributed by atoms with van der Waals surface area (Å²) < 4.78 is 0. The first-order valence-corrected chi connectivity index (χ1v) is 8.08. The molecule has 0 radical (unpaired) electrons. The lowest BCUT2D eigenvalue weighted by Gasteiger charge is -2.37. The standard InChI is InChI=1S/C14H23N3S/c1-11(14-9-15-10-18-14)17-7-4-12(5-8-17)13-3-2-6-16-13/h9-13,16H,2-8H2,1H3. The predicted octanol–water partition coefficient (Wildman–Crippen LogP) is 2.67. The topological polar surface area (TPSA) is 28.2 Å². The van der Waals surface area contributed by atoms with Gasteiger partial charge in [0.1, 0.15) is 0 Å². The van der Waals surface area contributed by atoms with Crippen LogP contribution >= 0.6 is 11.3 Å². The van der Waals surface area contributed by atoms with Gasteiger partial charge >= 0.3 is 0 Å². The first-order chi connectivity index (χ1) is 8.84. The van der Waals surface area contributed by atoms with Gasteiger partial charge in [0.05, 0.1) is 5.51 Å². The van der Waals surface area contributed by atoms with Gasteiger partial charge in [0.25, 0.3) is 0 Å². The Morgan fingerprint density at radius 3 is 2.83 bits per heavy atom. The molecule has 3 nitrogen and oxygen atoms in total. The fourth-order valence-electron chi connectivity index (χ4n) is 3.43. The highest BCUT2D eigenvalue weighted by Gasteiger charge is 2.30. The minimum atomic E-state index is 0.551. The molecule has 100 valence electrons. The lowest BCUT2D eigenvalue weighted by Crippen LogP contribution is -2.41. The number of aromatic nitrogens is 1. The molecule has 2 saturated heterocycles. The molecule has 1 aromatic heterocycles. The summed E-state index contributed by atoms with van der Waals surface area (Å²) in [5.41, 5.74) is 1.95. The summed E-state index contributed by atoms with van der Waals surface area (Å²) in [6.45, 7) is 6.06. The van der Waals surface area contributed by atoms with E-state index in [4.69, 9.17) is 0 Å². The molecule has 0 aromatic carbocycles. The molecular weight excluding hydrogens is 242 g/mol. The highest BCUT2D eigenvalue weighted by Crippen LogP contribution is 2.31. The van der Waals surface area contributed by atoms with Crippen molar-refractivity contribution in [3.8, 4) is 0 Å². The molecule has 2 fully saturated rings. The van der Waals surface area contributed by atoms with Crippen LogP contribution in [0.2, 0.25) is 0 Å². The fourth-order valence-corrected chi connectivity index (χ4v) is 4.15. The van der Waals surface area contributed by atoms with Crippen LogP contribution in [0.3, 0.4) is 0 Å². The quantitative estimate of drug-likeness (QED) is 0.911. The highest BCUT2D eigenvalue weighted by molar-refractivity contribution is 7.09. The van der Waals surface area contributed by atoms with Crippen molar-refractivity contribution in [2.75, 3.05) is 19.6 Å². The monoisotopic (exact) mass is 265 g/mol. The van der Waals surface area contributed by atoms with E-state index in [-0.39, 0.29) is 0 Å². The summed E-state index contributed by atoms with van der Waals surface area (Å²) in [7, 11) is 0. The van der Waals surface area contributed by atoms with Crippen LogP contribution in [0.1, 0.15) is 43.5 Å². The van der Waals surface area contributed by atoms with Crippen molar-refractivity contribution in [3.63, 3.8) is 0 Å². The van der Waals surface area contributed by atoms with Crippen LogP contribution in [0.4, 0.5) is 0 Å². The minimum absolute atomic E-state index is 0.551. The second-order valence-corrected chi connectivity index (χ2v) is 6.57. The number of rotatable bonds is 3. The van der Waals surface area contributed by atoms with Crippen molar-refractivity contribution in [1.29, 1.82) is 0 Å². The maximum atomic E-state index is 4.20. The zero-order chi connectivity index (χ0) is 12.4. The van der Waals surface area contributed by atoms with E-state index in [2.05, 4.69) is 22.1 Å². The Balaban J connectivity index is 1.53. The summed E-state index contributed by atoms with van der Waals surface area (Å²) in [4.78, 5) is 8.23. The first kappa shape index (κ1) is 12.6. The van der Waals surface area contributed by atoms with Gasteiger partial charge in [-0.25, -0.2) is 0 Å². The predicted molar refractivity (Wildman–Crippen MR) is 75.9 cm³/mol. The van der Waals surface area contributed by atoms with Crippen LogP contribution in [-0.2, 0) is 0 Å². The molecule has 18 heavy (non-hydrogen) atoms.